The molecule has 0 spiro atoms. The molecule has 0 aromatic rings. The third-order valence-corrected chi connectivity index (χ3v) is 2.66. The number of likely N-dealkylation sites (tertiary alicyclic amines) is 1. The fourth-order valence-corrected chi connectivity index (χ4v) is 1.88. The van der Waals surface area contributed by atoms with Gasteiger partial charge in [-0.25, -0.2) is 0 Å². The van der Waals surface area contributed by atoms with E-state index in [1.54, 1.807) is 0 Å². The van der Waals surface area contributed by atoms with E-state index in [2.05, 4.69) is 11.8 Å². The van der Waals surface area contributed by atoms with Gasteiger partial charge in [0.15, 0.2) is 0 Å². The lowest BCUT2D eigenvalue weighted by Gasteiger charge is -2.30. The Balaban J connectivity index is 2.26. The molecule has 0 radical (unpaired) electrons. The number of rotatable bonds is 3. The second kappa shape index (κ2) is 5.22. The number of nitrogens with zero attached hydrogens (tertiary/aromatic N) is 1. The van der Waals surface area contributed by atoms with E-state index in [0.717, 1.165) is 32.5 Å². The Morgan fingerprint density at radius 1 is 1.46 bits per heavy atom. The summed E-state index contributed by atoms with van der Waals surface area (Å²) in [6.45, 7) is 5.45. The van der Waals surface area contributed by atoms with Crippen LogP contribution in [0.5, 0.6) is 0 Å². The van der Waals surface area contributed by atoms with Crippen LogP contribution in [0.2, 0.25) is 0 Å². The third kappa shape index (κ3) is 2.99. The molecule has 13 heavy (non-hydrogen) atoms. The summed E-state index contributed by atoms with van der Waals surface area (Å²) < 4.78 is 4.73. The predicted molar refractivity (Wildman–Crippen MR) is 51.5 cm³/mol. The number of carbonyl (C=O) groups is 1. The number of hydrogen-bond donors (Lipinski definition) is 0. The van der Waals surface area contributed by atoms with Crippen molar-refractivity contribution in [2.24, 2.45) is 5.92 Å². The fourth-order valence-electron chi connectivity index (χ4n) is 1.88. The Bertz CT molecular complexity index is 162. The van der Waals surface area contributed by atoms with Crippen LogP contribution in [0, 0.1) is 5.92 Å². The van der Waals surface area contributed by atoms with Crippen molar-refractivity contribution in [1.82, 2.24) is 4.90 Å². The van der Waals surface area contributed by atoms with Crippen LogP contribution in [0.3, 0.4) is 0 Å². The normalized spacial score (nSPS) is 20.2. The number of piperidine rings is 1. The molecule has 1 aliphatic rings. The zero-order chi connectivity index (χ0) is 9.68. The number of methoxy groups -OCH3 is 1. The van der Waals surface area contributed by atoms with E-state index in [0.29, 0.717) is 0 Å². The predicted octanol–water partition coefficient (Wildman–Crippen LogP) is 1.28. The van der Waals surface area contributed by atoms with Gasteiger partial charge in [-0.1, -0.05) is 6.92 Å². The zero-order valence-corrected chi connectivity index (χ0v) is 8.58. The smallest absolute Gasteiger partial charge is 0.308 e. The van der Waals surface area contributed by atoms with Gasteiger partial charge in [0.2, 0.25) is 0 Å². The highest BCUT2D eigenvalue weighted by Gasteiger charge is 2.24. The fraction of sp³-hybridized carbons (Fsp3) is 0.900. The average Bonchev–Trinajstić information content (AvgIpc) is 2.18. The molecule has 1 rings (SSSR count). The number of carbonyl (C=O) groups excluding carboxylic acids is 1. The van der Waals surface area contributed by atoms with Gasteiger partial charge < -0.3 is 9.64 Å². The summed E-state index contributed by atoms with van der Waals surface area (Å²) in [5.41, 5.74) is 0. The summed E-state index contributed by atoms with van der Waals surface area (Å²) >= 11 is 0. The van der Waals surface area contributed by atoms with Gasteiger partial charge in [-0.2, -0.15) is 0 Å². The van der Waals surface area contributed by atoms with Crippen LogP contribution in [0.4, 0.5) is 0 Å². The Morgan fingerprint density at radius 2 is 2.08 bits per heavy atom. The molecule has 1 heterocycles. The minimum atomic E-state index is -0.0313. The SMILES string of the molecule is CCCN1CCC(C(=O)OC)CC1. The van der Waals surface area contributed by atoms with Crippen molar-refractivity contribution in [2.75, 3.05) is 26.7 Å². The first-order chi connectivity index (χ1) is 6.27. The van der Waals surface area contributed by atoms with Crippen molar-refractivity contribution in [3.8, 4) is 0 Å². The van der Waals surface area contributed by atoms with Crippen LogP contribution in [-0.4, -0.2) is 37.6 Å². The minimum absolute atomic E-state index is 0.0313. The molecule has 76 valence electrons. The largest absolute Gasteiger partial charge is 0.469 e. The maximum Gasteiger partial charge on any atom is 0.308 e. The van der Waals surface area contributed by atoms with E-state index in [4.69, 9.17) is 4.74 Å². The summed E-state index contributed by atoms with van der Waals surface area (Å²) in [4.78, 5) is 13.6. The molecule has 3 nitrogen and oxygen atoms in total. The van der Waals surface area contributed by atoms with Crippen molar-refractivity contribution in [3.63, 3.8) is 0 Å². The lowest BCUT2D eigenvalue weighted by atomic mass is 9.97. The molecule has 0 saturated carbocycles. The molecule has 0 aromatic carbocycles. The molecule has 3 heteroatoms. The van der Waals surface area contributed by atoms with Gasteiger partial charge in [-0.05, 0) is 38.9 Å². The highest BCUT2D eigenvalue weighted by atomic mass is 16.5. The van der Waals surface area contributed by atoms with Gasteiger partial charge in [0, 0.05) is 0 Å². The summed E-state index contributed by atoms with van der Waals surface area (Å²) in [7, 11) is 1.47. The lowest BCUT2D eigenvalue weighted by Crippen LogP contribution is -2.37. The van der Waals surface area contributed by atoms with Crippen LogP contribution in [0.15, 0.2) is 0 Å². The number of ether oxygens (including phenoxy) is 1. The van der Waals surface area contributed by atoms with Crippen molar-refractivity contribution in [3.05, 3.63) is 0 Å². The first-order valence-electron chi connectivity index (χ1n) is 5.08. The van der Waals surface area contributed by atoms with Gasteiger partial charge in [-0.15, -0.1) is 0 Å². The molecule has 0 atom stereocenters. The molecule has 1 fully saturated rings. The Labute approximate surface area is 80.1 Å². The van der Waals surface area contributed by atoms with E-state index in [9.17, 15) is 4.79 Å². The first-order valence-corrected chi connectivity index (χ1v) is 5.08. The summed E-state index contributed by atoms with van der Waals surface area (Å²) in [6.07, 6.45) is 3.13. The molecular formula is C10H19NO2. The Morgan fingerprint density at radius 3 is 2.54 bits per heavy atom. The van der Waals surface area contributed by atoms with Crippen LogP contribution in [0.1, 0.15) is 26.2 Å². The van der Waals surface area contributed by atoms with Crippen LogP contribution < -0.4 is 0 Å². The van der Waals surface area contributed by atoms with Crippen LogP contribution in [0.25, 0.3) is 0 Å². The maximum absolute atomic E-state index is 11.2. The molecule has 0 N–H and O–H groups in total. The van der Waals surface area contributed by atoms with Gasteiger partial charge in [0.1, 0.15) is 0 Å². The second-order valence-corrected chi connectivity index (χ2v) is 3.64. The monoisotopic (exact) mass is 185 g/mol. The average molecular weight is 185 g/mol. The highest BCUT2D eigenvalue weighted by molar-refractivity contribution is 5.72. The quantitative estimate of drug-likeness (QED) is 0.620. The van der Waals surface area contributed by atoms with Gasteiger partial charge in [-0.3, -0.25) is 4.79 Å². The standard InChI is InChI=1S/C10H19NO2/c1-3-6-11-7-4-9(5-8-11)10(12)13-2/h9H,3-8H2,1-2H3. The van der Waals surface area contributed by atoms with E-state index < -0.39 is 0 Å². The summed E-state index contributed by atoms with van der Waals surface area (Å²) in [6, 6.07) is 0. The molecule has 0 bridgehead atoms. The Hall–Kier alpha value is -0.570. The van der Waals surface area contributed by atoms with Crippen molar-refractivity contribution in [2.45, 2.75) is 26.2 Å². The summed E-state index contributed by atoms with van der Waals surface area (Å²) in [5.74, 6) is 0.120. The number of esters is 1. The lowest BCUT2D eigenvalue weighted by molar-refractivity contribution is -0.147. The van der Waals surface area contributed by atoms with Crippen LogP contribution >= 0.6 is 0 Å². The highest BCUT2D eigenvalue weighted by Crippen LogP contribution is 2.18. The third-order valence-electron chi connectivity index (χ3n) is 2.66. The summed E-state index contributed by atoms with van der Waals surface area (Å²) in [5, 5.41) is 0. The van der Waals surface area contributed by atoms with Gasteiger partial charge in [0.05, 0.1) is 13.0 Å². The first kappa shape index (κ1) is 10.5. The maximum atomic E-state index is 11.2. The molecule has 1 aliphatic heterocycles. The zero-order valence-electron chi connectivity index (χ0n) is 8.58. The molecule has 1 saturated heterocycles. The Kier molecular flexibility index (Phi) is 4.22. The van der Waals surface area contributed by atoms with E-state index in [1.807, 2.05) is 0 Å². The van der Waals surface area contributed by atoms with Crippen LogP contribution in [-0.2, 0) is 9.53 Å². The van der Waals surface area contributed by atoms with Gasteiger partial charge in [0.25, 0.3) is 0 Å². The van der Waals surface area contributed by atoms with E-state index in [1.165, 1.54) is 13.5 Å². The minimum Gasteiger partial charge on any atom is -0.469 e. The van der Waals surface area contributed by atoms with E-state index >= 15 is 0 Å². The molecular weight excluding hydrogens is 166 g/mol. The molecule has 0 aromatic heterocycles. The molecule has 0 amide bonds. The topological polar surface area (TPSA) is 29.5 Å². The molecule has 0 aliphatic carbocycles. The molecule has 0 unspecified atom stereocenters. The van der Waals surface area contributed by atoms with Crippen molar-refractivity contribution < 1.29 is 9.53 Å². The van der Waals surface area contributed by atoms with E-state index in [-0.39, 0.29) is 11.9 Å². The van der Waals surface area contributed by atoms with Gasteiger partial charge >= 0.3 is 5.97 Å². The van der Waals surface area contributed by atoms with Crippen molar-refractivity contribution in [1.29, 1.82) is 0 Å². The van der Waals surface area contributed by atoms with Crippen molar-refractivity contribution >= 4 is 5.97 Å². The second-order valence-electron chi connectivity index (χ2n) is 3.64. The number of hydrogen-bond acceptors (Lipinski definition) is 3.